The molecule has 4 nitrogen and oxygen atoms in total. The number of hydrogen-bond acceptors (Lipinski definition) is 4. The predicted molar refractivity (Wildman–Crippen MR) is 183 cm³/mol. The first kappa shape index (κ1) is 31.6. The molecule has 2 aliphatic heterocycles. The van der Waals surface area contributed by atoms with E-state index in [1.807, 2.05) is 0 Å². The minimum absolute atomic E-state index is 0.383. The van der Waals surface area contributed by atoms with Crippen LogP contribution < -0.4 is 0 Å². The van der Waals surface area contributed by atoms with Gasteiger partial charge >= 0.3 is 0 Å². The van der Waals surface area contributed by atoms with Gasteiger partial charge in [-0.1, -0.05) is 112 Å². The average molecular weight is 836 g/mol. The van der Waals surface area contributed by atoms with Crippen LogP contribution in [-0.4, -0.2) is 38.0 Å². The van der Waals surface area contributed by atoms with Crippen LogP contribution in [0.3, 0.4) is 0 Å². The Kier molecular flexibility index (Phi) is 9.97. The van der Waals surface area contributed by atoms with Gasteiger partial charge in [-0.3, -0.25) is 0 Å². The van der Waals surface area contributed by atoms with Gasteiger partial charge in [0.05, 0.1) is 31.8 Å². The third-order valence-electron chi connectivity index (χ3n) is 8.11. The lowest BCUT2D eigenvalue weighted by Gasteiger charge is -2.51. The van der Waals surface area contributed by atoms with Crippen molar-refractivity contribution in [2.24, 2.45) is 5.41 Å². The van der Waals surface area contributed by atoms with Crippen molar-refractivity contribution in [1.29, 1.82) is 0 Å². The number of rotatable bonds is 8. The topological polar surface area (TPSA) is 36.9 Å². The molecule has 0 radical (unpaired) electrons. The van der Waals surface area contributed by atoms with E-state index >= 15 is 0 Å². The van der Waals surface area contributed by atoms with Crippen LogP contribution in [0.15, 0.2) is 115 Å². The molecule has 6 rings (SSSR count). The van der Waals surface area contributed by atoms with Crippen LogP contribution in [0.1, 0.15) is 22.3 Å². The van der Waals surface area contributed by atoms with Crippen molar-refractivity contribution in [3.05, 3.63) is 137 Å². The molecule has 0 aliphatic carbocycles. The summed E-state index contributed by atoms with van der Waals surface area (Å²) in [6, 6.07) is 33.5. The molecule has 2 heterocycles. The molecular formula is C35H32Br4O4. The van der Waals surface area contributed by atoms with Crippen LogP contribution in [0.5, 0.6) is 0 Å². The molecule has 0 atom stereocenters. The number of ether oxygens (including phenoxy) is 4. The lowest BCUT2D eigenvalue weighted by molar-refractivity contribution is -0.366. The van der Waals surface area contributed by atoms with Crippen molar-refractivity contribution in [1.82, 2.24) is 0 Å². The normalized spacial score (nSPS) is 18.9. The van der Waals surface area contributed by atoms with Gasteiger partial charge in [0.2, 0.25) is 0 Å². The molecule has 2 saturated heterocycles. The Balaban J connectivity index is 1.19. The van der Waals surface area contributed by atoms with Crippen molar-refractivity contribution in [3.8, 4) is 0 Å². The SMILES string of the molecule is Brc1ccc(CC2(Cc3ccc(Br)cc3)OCC3(CO2)COC(Cc2ccc(Br)cc2)(Cc2ccc(Br)cc2)OC3)cc1. The summed E-state index contributed by atoms with van der Waals surface area (Å²) in [6.07, 6.45) is 2.58. The number of hydrogen-bond donors (Lipinski definition) is 0. The zero-order valence-corrected chi connectivity index (χ0v) is 29.9. The molecule has 8 heteroatoms. The molecule has 0 aromatic heterocycles. The lowest BCUT2D eigenvalue weighted by Crippen LogP contribution is -2.60. The summed E-state index contributed by atoms with van der Waals surface area (Å²) < 4.78 is 31.2. The van der Waals surface area contributed by atoms with Gasteiger partial charge in [0.1, 0.15) is 0 Å². The number of benzene rings is 4. The van der Waals surface area contributed by atoms with Gasteiger partial charge in [-0.2, -0.15) is 0 Å². The van der Waals surface area contributed by atoms with E-state index in [0.717, 1.165) is 40.1 Å². The van der Waals surface area contributed by atoms with Crippen LogP contribution in [0, 0.1) is 5.41 Å². The summed E-state index contributed by atoms with van der Waals surface area (Å²) in [5.74, 6) is -1.56. The van der Waals surface area contributed by atoms with E-state index in [2.05, 4.69) is 161 Å². The largest absolute Gasteiger partial charge is 0.348 e. The molecule has 4 aromatic carbocycles. The first-order valence-electron chi connectivity index (χ1n) is 14.3. The van der Waals surface area contributed by atoms with Gasteiger partial charge in [0.15, 0.2) is 11.6 Å². The predicted octanol–water partition coefficient (Wildman–Crippen LogP) is 9.48. The first-order chi connectivity index (χ1) is 20.7. The van der Waals surface area contributed by atoms with Crippen molar-refractivity contribution in [3.63, 3.8) is 0 Å². The Morgan fingerprint density at radius 1 is 0.372 bits per heavy atom. The minimum Gasteiger partial charge on any atom is -0.348 e. The Hall–Kier alpha value is -1.36. The van der Waals surface area contributed by atoms with Gasteiger partial charge in [0.25, 0.3) is 0 Å². The van der Waals surface area contributed by atoms with Gasteiger partial charge in [0, 0.05) is 43.6 Å². The molecule has 0 saturated carbocycles. The van der Waals surface area contributed by atoms with Crippen molar-refractivity contribution in [2.75, 3.05) is 26.4 Å². The molecule has 0 amide bonds. The zero-order valence-electron chi connectivity index (χ0n) is 23.5. The molecule has 43 heavy (non-hydrogen) atoms. The zero-order chi connectivity index (χ0) is 29.9. The second-order valence-corrected chi connectivity index (χ2v) is 15.4. The smallest absolute Gasteiger partial charge is 0.176 e. The second kappa shape index (κ2) is 13.6. The minimum atomic E-state index is -0.781. The summed E-state index contributed by atoms with van der Waals surface area (Å²) in [5, 5.41) is 0. The van der Waals surface area contributed by atoms with Gasteiger partial charge in [-0.05, 0) is 70.8 Å². The van der Waals surface area contributed by atoms with E-state index in [4.69, 9.17) is 18.9 Å². The summed E-state index contributed by atoms with van der Waals surface area (Å²) in [5.41, 5.74) is 4.27. The standard InChI is InChI=1S/C35H32Br4O4/c36-29-9-1-25(2-10-29)17-34(18-26-3-11-30(37)12-4-26)40-21-33(22-41-34)23-42-35(43-24-33,19-27-5-13-31(38)14-6-27)20-28-7-15-32(39)16-8-28/h1-16H,17-24H2. The van der Waals surface area contributed by atoms with Gasteiger partial charge < -0.3 is 18.9 Å². The number of halogens is 4. The molecule has 2 aliphatic rings. The summed E-state index contributed by atoms with van der Waals surface area (Å²) in [4.78, 5) is 0. The fourth-order valence-electron chi connectivity index (χ4n) is 5.66. The van der Waals surface area contributed by atoms with Gasteiger partial charge in [-0.15, -0.1) is 0 Å². The van der Waals surface area contributed by atoms with Gasteiger partial charge in [-0.25, -0.2) is 0 Å². The van der Waals surface area contributed by atoms with E-state index in [1.54, 1.807) is 0 Å². The van der Waals surface area contributed by atoms with Crippen LogP contribution in [0.25, 0.3) is 0 Å². The molecule has 2 fully saturated rings. The highest BCUT2D eigenvalue weighted by Gasteiger charge is 2.51. The molecule has 0 N–H and O–H groups in total. The third-order valence-corrected chi connectivity index (χ3v) is 10.2. The van der Waals surface area contributed by atoms with Crippen LogP contribution in [0.2, 0.25) is 0 Å². The average Bonchev–Trinajstić information content (AvgIpc) is 3.01. The molecular weight excluding hydrogens is 804 g/mol. The Bertz CT molecular complexity index is 1270. The molecule has 4 aromatic rings. The van der Waals surface area contributed by atoms with Crippen LogP contribution >= 0.6 is 63.7 Å². The Morgan fingerprint density at radius 3 is 0.791 bits per heavy atom. The van der Waals surface area contributed by atoms with Crippen LogP contribution in [-0.2, 0) is 44.6 Å². The van der Waals surface area contributed by atoms with E-state index in [-0.39, 0.29) is 5.41 Å². The maximum atomic E-state index is 6.74. The monoisotopic (exact) mass is 832 g/mol. The quantitative estimate of drug-likeness (QED) is 0.177. The molecule has 0 bridgehead atoms. The van der Waals surface area contributed by atoms with E-state index in [1.165, 1.54) is 0 Å². The third kappa shape index (κ3) is 8.08. The Labute approximate surface area is 287 Å². The molecule has 0 unspecified atom stereocenters. The molecule has 224 valence electrons. The van der Waals surface area contributed by atoms with Crippen LogP contribution in [0.4, 0.5) is 0 Å². The van der Waals surface area contributed by atoms with Crippen molar-refractivity contribution < 1.29 is 18.9 Å². The first-order valence-corrected chi connectivity index (χ1v) is 17.4. The van der Waals surface area contributed by atoms with E-state index in [0.29, 0.717) is 52.1 Å². The fraction of sp³-hybridized carbons (Fsp3) is 0.314. The van der Waals surface area contributed by atoms with Crippen molar-refractivity contribution >= 4 is 63.7 Å². The maximum absolute atomic E-state index is 6.74. The highest BCUT2D eigenvalue weighted by molar-refractivity contribution is 9.11. The summed E-state index contributed by atoms with van der Waals surface area (Å²) in [6.45, 7) is 1.97. The summed E-state index contributed by atoms with van der Waals surface area (Å²) >= 11 is 14.2. The highest BCUT2D eigenvalue weighted by Crippen LogP contribution is 2.41. The lowest BCUT2D eigenvalue weighted by atomic mass is 9.86. The summed E-state index contributed by atoms with van der Waals surface area (Å²) in [7, 11) is 0. The van der Waals surface area contributed by atoms with E-state index < -0.39 is 11.6 Å². The fourth-order valence-corrected chi connectivity index (χ4v) is 6.72. The Morgan fingerprint density at radius 2 is 0.581 bits per heavy atom. The van der Waals surface area contributed by atoms with Crippen molar-refractivity contribution in [2.45, 2.75) is 37.3 Å². The highest BCUT2D eigenvalue weighted by atomic mass is 79.9. The maximum Gasteiger partial charge on any atom is 0.176 e. The molecule has 1 spiro atoms. The second-order valence-electron chi connectivity index (χ2n) is 11.7. The van der Waals surface area contributed by atoms with E-state index in [9.17, 15) is 0 Å².